The highest BCUT2D eigenvalue weighted by Gasteiger charge is 2.05. The average molecular weight is 264 g/mol. The summed E-state index contributed by atoms with van der Waals surface area (Å²) in [7, 11) is 0. The highest BCUT2D eigenvalue weighted by atomic mass is 35.5. The van der Waals surface area contributed by atoms with E-state index in [2.05, 4.69) is 23.8 Å². The van der Waals surface area contributed by atoms with Crippen molar-refractivity contribution in [3.05, 3.63) is 0 Å². The van der Waals surface area contributed by atoms with Gasteiger partial charge in [-0.2, -0.15) is 4.99 Å². The molecule has 0 radical (unpaired) electrons. The third kappa shape index (κ3) is 8.80. The first-order valence-electron chi connectivity index (χ1n) is 6.04. The lowest BCUT2D eigenvalue weighted by Gasteiger charge is -2.21. The van der Waals surface area contributed by atoms with Crippen LogP contribution in [-0.2, 0) is 0 Å². The quantitative estimate of drug-likeness (QED) is 0.564. The van der Waals surface area contributed by atoms with Crippen molar-refractivity contribution in [1.82, 2.24) is 4.90 Å². The summed E-state index contributed by atoms with van der Waals surface area (Å²) in [6, 6.07) is 0. The molecular weight excluding hydrogens is 238 g/mol. The van der Waals surface area contributed by atoms with Gasteiger partial charge in [-0.15, -0.1) is 12.4 Å². The summed E-state index contributed by atoms with van der Waals surface area (Å²) >= 11 is 0. The van der Waals surface area contributed by atoms with Crippen LogP contribution < -0.4 is 11.5 Å². The zero-order chi connectivity index (χ0) is 12.4. The Labute approximate surface area is 111 Å². The van der Waals surface area contributed by atoms with Gasteiger partial charge in [0.15, 0.2) is 5.96 Å². The molecule has 0 amide bonds. The second-order valence-corrected chi connectivity index (χ2v) is 3.70. The van der Waals surface area contributed by atoms with Crippen LogP contribution in [0.4, 0.5) is 0 Å². The number of nitrogens with two attached hydrogens (primary N) is 2. The van der Waals surface area contributed by atoms with E-state index in [1.807, 2.05) is 11.8 Å². The number of hydrogen-bond acceptors (Lipinski definition) is 1. The summed E-state index contributed by atoms with van der Waals surface area (Å²) in [6.07, 6.45) is 3.05. The third-order valence-electron chi connectivity index (χ3n) is 2.04. The summed E-state index contributed by atoms with van der Waals surface area (Å²) in [5.41, 5.74) is 11.5. The number of rotatable bonds is 6. The van der Waals surface area contributed by atoms with Crippen molar-refractivity contribution in [3.63, 3.8) is 0 Å². The number of hydrogen-bond donors (Lipinski definition) is 2. The minimum atomic E-state index is 0. The van der Waals surface area contributed by atoms with Crippen molar-refractivity contribution in [2.24, 2.45) is 21.5 Å². The van der Waals surface area contributed by atoms with Gasteiger partial charge in [0.25, 0.3) is 0 Å². The third-order valence-corrected chi connectivity index (χ3v) is 2.04. The molecule has 0 aliphatic heterocycles. The molecule has 102 valence electrons. The Bertz CT molecular complexity index is 234. The van der Waals surface area contributed by atoms with E-state index in [0.717, 1.165) is 32.4 Å². The van der Waals surface area contributed by atoms with Crippen LogP contribution in [0, 0.1) is 0 Å². The van der Waals surface area contributed by atoms with Gasteiger partial charge < -0.3 is 16.4 Å². The van der Waals surface area contributed by atoms with Crippen LogP contribution >= 0.6 is 12.4 Å². The van der Waals surface area contributed by atoms with Gasteiger partial charge in [-0.1, -0.05) is 20.8 Å². The lowest BCUT2D eigenvalue weighted by atomic mass is 10.4. The molecule has 0 saturated carbocycles. The van der Waals surface area contributed by atoms with Crippen LogP contribution in [0.3, 0.4) is 0 Å². The molecule has 0 fully saturated rings. The molecule has 0 heterocycles. The minimum absolute atomic E-state index is 0. The molecule has 17 heavy (non-hydrogen) atoms. The topological polar surface area (TPSA) is 80.0 Å². The van der Waals surface area contributed by atoms with Gasteiger partial charge in [0.05, 0.1) is 0 Å². The maximum Gasteiger partial charge on any atom is 0.218 e. The summed E-state index contributed by atoms with van der Waals surface area (Å²) < 4.78 is 0. The number of halogens is 1. The van der Waals surface area contributed by atoms with Crippen LogP contribution in [0.25, 0.3) is 0 Å². The predicted octanol–water partition coefficient (Wildman–Crippen LogP) is 1.57. The molecule has 0 spiro atoms. The number of nitrogens with zero attached hydrogens (tertiary/aromatic N) is 3. The first-order valence-corrected chi connectivity index (χ1v) is 6.04. The van der Waals surface area contributed by atoms with Gasteiger partial charge in [0.1, 0.15) is 0 Å². The van der Waals surface area contributed by atoms with E-state index in [0.29, 0.717) is 12.5 Å². The summed E-state index contributed by atoms with van der Waals surface area (Å²) in [5.74, 6) is 0.748. The zero-order valence-corrected chi connectivity index (χ0v) is 12.0. The molecule has 0 aliphatic carbocycles. The van der Waals surface area contributed by atoms with Gasteiger partial charge >= 0.3 is 0 Å². The molecule has 0 aromatic heterocycles. The molecule has 0 unspecified atom stereocenters. The molecule has 0 bridgehead atoms. The van der Waals surface area contributed by atoms with Crippen molar-refractivity contribution in [2.75, 3.05) is 19.6 Å². The van der Waals surface area contributed by atoms with Gasteiger partial charge in [0, 0.05) is 19.6 Å². The molecule has 4 N–H and O–H groups in total. The zero-order valence-electron chi connectivity index (χ0n) is 11.1. The highest BCUT2D eigenvalue weighted by molar-refractivity contribution is 5.93. The smallest absolute Gasteiger partial charge is 0.218 e. The molecular formula is C11H26ClN5. The van der Waals surface area contributed by atoms with Crippen LogP contribution in [0.5, 0.6) is 0 Å². The molecule has 0 aliphatic rings. The standard InChI is InChI=1S/C11H25N5.ClH/c1-4-7-14-10(12)15-11(13)16(8-5-2)9-6-3;/h4-9H2,1-3H3,(H4,12,13,14,15);1H. The fraction of sp³-hybridized carbons (Fsp3) is 0.818. The highest BCUT2D eigenvalue weighted by Crippen LogP contribution is 1.94. The van der Waals surface area contributed by atoms with Crippen LogP contribution in [-0.4, -0.2) is 36.5 Å². The Morgan fingerprint density at radius 1 is 1.00 bits per heavy atom. The number of aliphatic imine (C=N–C) groups is 2. The fourth-order valence-electron chi connectivity index (χ4n) is 1.33. The Kier molecular flexibility index (Phi) is 12.5. The van der Waals surface area contributed by atoms with Crippen molar-refractivity contribution in [3.8, 4) is 0 Å². The van der Waals surface area contributed by atoms with Crippen LogP contribution in [0.2, 0.25) is 0 Å². The van der Waals surface area contributed by atoms with Crippen LogP contribution in [0.1, 0.15) is 40.0 Å². The van der Waals surface area contributed by atoms with E-state index in [-0.39, 0.29) is 18.4 Å². The molecule has 0 atom stereocenters. The van der Waals surface area contributed by atoms with Crippen LogP contribution in [0.15, 0.2) is 9.98 Å². The minimum Gasteiger partial charge on any atom is -0.369 e. The summed E-state index contributed by atoms with van der Waals surface area (Å²) in [6.45, 7) is 8.79. The van der Waals surface area contributed by atoms with Crippen molar-refractivity contribution in [2.45, 2.75) is 40.0 Å². The van der Waals surface area contributed by atoms with E-state index >= 15 is 0 Å². The second-order valence-electron chi connectivity index (χ2n) is 3.70. The summed E-state index contributed by atoms with van der Waals surface area (Å²) in [4.78, 5) is 10.2. The monoisotopic (exact) mass is 263 g/mol. The van der Waals surface area contributed by atoms with Gasteiger partial charge in [-0.05, 0) is 19.3 Å². The van der Waals surface area contributed by atoms with Crippen molar-refractivity contribution >= 4 is 24.3 Å². The van der Waals surface area contributed by atoms with E-state index in [4.69, 9.17) is 11.5 Å². The van der Waals surface area contributed by atoms with E-state index in [1.165, 1.54) is 0 Å². The Morgan fingerprint density at radius 3 is 1.94 bits per heavy atom. The lowest BCUT2D eigenvalue weighted by molar-refractivity contribution is 0.413. The summed E-state index contributed by atoms with van der Waals surface area (Å²) in [5, 5.41) is 0. The molecule has 0 aromatic rings. The maximum atomic E-state index is 5.88. The first-order chi connectivity index (χ1) is 7.65. The molecule has 0 aromatic carbocycles. The van der Waals surface area contributed by atoms with Crippen molar-refractivity contribution in [1.29, 1.82) is 0 Å². The molecule has 6 heteroatoms. The first kappa shape index (κ1) is 18.4. The van der Waals surface area contributed by atoms with Gasteiger partial charge in [-0.25, -0.2) is 0 Å². The van der Waals surface area contributed by atoms with E-state index in [1.54, 1.807) is 0 Å². The fourth-order valence-corrected chi connectivity index (χ4v) is 1.33. The predicted molar refractivity (Wildman–Crippen MR) is 77.8 cm³/mol. The molecule has 0 rings (SSSR count). The maximum absolute atomic E-state index is 5.88. The average Bonchev–Trinajstić information content (AvgIpc) is 2.26. The van der Waals surface area contributed by atoms with Gasteiger partial charge in [0.2, 0.25) is 5.96 Å². The second kappa shape index (κ2) is 11.5. The SMILES string of the molecule is CCCN=C(N)/N=C(\N)N(CCC)CCC.Cl. The lowest BCUT2D eigenvalue weighted by Crippen LogP contribution is -2.39. The normalized spacial score (nSPS) is 12.2. The van der Waals surface area contributed by atoms with Gasteiger partial charge in [-0.3, -0.25) is 4.99 Å². The van der Waals surface area contributed by atoms with Crippen molar-refractivity contribution < 1.29 is 0 Å². The van der Waals surface area contributed by atoms with E-state index < -0.39 is 0 Å². The largest absolute Gasteiger partial charge is 0.369 e. The Hall–Kier alpha value is -0.970. The number of guanidine groups is 2. The molecule has 0 saturated heterocycles. The Balaban J connectivity index is 0. The molecule has 5 nitrogen and oxygen atoms in total. The van der Waals surface area contributed by atoms with E-state index in [9.17, 15) is 0 Å². The Morgan fingerprint density at radius 2 is 1.53 bits per heavy atom.